The minimum Gasteiger partial charge on any atom is -0.462 e. The van der Waals surface area contributed by atoms with Crippen LogP contribution in [0.5, 0.6) is 0 Å². The van der Waals surface area contributed by atoms with E-state index in [9.17, 15) is 9.59 Å². The van der Waals surface area contributed by atoms with Crippen LogP contribution in [0.1, 0.15) is 27.9 Å². The summed E-state index contributed by atoms with van der Waals surface area (Å²) in [5.41, 5.74) is -0.103. The van der Waals surface area contributed by atoms with Crippen LogP contribution >= 0.6 is 11.3 Å². The lowest BCUT2D eigenvalue weighted by Gasteiger charge is -2.00. The van der Waals surface area contributed by atoms with E-state index in [2.05, 4.69) is 20.3 Å². The van der Waals surface area contributed by atoms with E-state index < -0.39 is 11.5 Å². The predicted molar refractivity (Wildman–Crippen MR) is 75.7 cm³/mol. The van der Waals surface area contributed by atoms with Crippen molar-refractivity contribution in [3.8, 4) is 6.07 Å². The monoisotopic (exact) mass is 305 g/mol. The van der Waals surface area contributed by atoms with Gasteiger partial charge in [-0.2, -0.15) is 5.26 Å². The van der Waals surface area contributed by atoms with Crippen molar-refractivity contribution in [2.45, 2.75) is 13.8 Å². The first kappa shape index (κ1) is 14.7. The van der Waals surface area contributed by atoms with E-state index in [1.807, 2.05) is 0 Å². The zero-order valence-electron chi connectivity index (χ0n) is 11.3. The van der Waals surface area contributed by atoms with Crippen molar-refractivity contribution in [2.24, 2.45) is 0 Å². The van der Waals surface area contributed by atoms with Gasteiger partial charge in [0.05, 0.1) is 18.5 Å². The van der Waals surface area contributed by atoms with Crippen LogP contribution < -0.4 is 10.9 Å². The van der Waals surface area contributed by atoms with Gasteiger partial charge in [-0.1, -0.05) is 11.3 Å². The van der Waals surface area contributed by atoms with Crippen molar-refractivity contribution in [3.05, 3.63) is 32.7 Å². The number of nitrogens with zero attached hydrogens (tertiary/aromatic N) is 3. The largest absolute Gasteiger partial charge is 0.462 e. The van der Waals surface area contributed by atoms with E-state index in [1.54, 1.807) is 19.9 Å². The van der Waals surface area contributed by atoms with Crippen LogP contribution in [0.25, 0.3) is 0 Å². The lowest BCUT2D eigenvalue weighted by molar-refractivity contribution is 0.0531. The molecule has 2 heterocycles. The standard InChI is InChI=1S/C12H11N5O3S/c1-3-20-10(19)8-6(2)15-12(21-8)17-11-14-5-7(4-13)9(18)16-11/h5H,3H2,1-2H3,(H2,14,15,16,17,18). The van der Waals surface area contributed by atoms with Crippen LogP contribution in [0.2, 0.25) is 0 Å². The minimum absolute atomic E-state index is 0.0805. The number of ether oxygens (including phenoxy) is 1. The zero-order chi connectivity index (χ0) is 15.4. The Labute approximate surface area is 123 Å². The first-order valence-corrected chi connectivity index (χ1v) is 6.77. The van der Waals surface area contributed by atoms with Crippen molar-refractivity contribution in [2.75, 3.05) is 11.9 Å². The van der Waals surface area contributed by atoms with Crippen LogP contribution in [-0.4, -0.2) is 27.5 Å². The molecule has 2 N–H and O–H groups in total. The summed E-state index contributed by atoms with van der Waals surface area (Å²) in [5.74, 6) is -0.301. The molecule has 0 unspecified atom stereocenters. The summed E-state index contributed by atoms with van der Waals surface area (Å²) in [7, 11) is 0. The van der Waals surface area contributed by atoms with Gasteiger partial charge in [-0.25, -0.2) is 14.8 Å². The summed E-state index contributed by atoms with van der Waals surface area (Å²) in [6.45, 7) is 3.69. The maximum absolute atomic E-state index is 11.7. The molecule has 2 aromatic heterocycles. The van der Waals surface area contributed by atoms with Crippen LogP contribution in [0, 0.1) is 18.3 Å². The number of anilines is 2. The van der Waals surface area contributed by atoms with Gasteiger partial charge in [-0.15, -0.1) is 0 Å². The van der Waals surface area contributed by atoms with Crippen molar-refractivity contribution >= 4 is 28.4 Å². The van der Waals surface area contributed by atoms with Gasteiger partial charge >= 0.3 is 5.97 Å². The number of hydrogen-bond acceptors (Lipinski definition) is 8. The second kappa shape index (κ2) is 6.15. The molecule has 0 spiro atoms. The molecule has 0 bridgehead atoms. The number of aryl methyl sites for hydroxylation is 1. The number of esters is 1. The molecule has 2 aromatic rings. The Morgan fingerprint density at radius 2 is 2.38 bits per heavy atom. The van der Waals surface area contributed by atoms with Gasteiger partial charge in [-0.05, 0) is 13.8 Å². The third kappa shape index (κ3) is 3.24. The molecule has 0 fully saturated rings. The number of carbonyl (C=O) groups excluding carboxylic acids is 1. The second-order valence-corrected chi connectivity index (χ2v) is 4.86. The average Bonchev–Trinajstić information content (AvgIpc) is 2.80. The number of thiazole rings is 1. The highest BCUT2D eigenvalue weighted by Gasteiger charge is 2.16. The van der Waals surface area contributed by atoms with Gasteiger partial charge in [0.2, 0.25) is 5.95 Å². The topological polar surface area (TPSA) is 121 Å². The molecular formula is C12H11N5O3S. The molecule has 9 heteroatoms. The van der Waals surface area contributed by atoms with Crippen molar-refractivity contribution < 1.29 is 9.53 Å². The van der Waals surface area contributed by atoms with Crippen LogP contribution in [0.3, 0.4) is 0 Å². The lowest BCUT2D eigenvalue weighted by Crippen LogP contribution is -2.13. The van der Waals surface area contributed by atoms with E-state index in [1.165, 1.54) is 0 Å². The fraction of sp³-hybridized carbons (Fsp3) is 0.250. The molecule has 21 heavy (non-hydrogen) atoms. The smallest absolute Gasteiger partial charge is 0.350 e. The van der Waals surface area contributed by atoms with Crippen LogP contribution in [-0.2, 0) is 4.74 Å². The number of rotatable bonds is 4. The predicted octanol–water partition coefficient (Wildman–Crippen LogP) is 1.33. The van der Waals surface area contributed by atoms with Gasteiger partial charge in [0.1, 0.15) is 16.5 Å². The van der Waals surface area contributed by atoms with Crippen molar-refractivity contribution in [3.63, 3.8) is 0 Å². The molecule has 0 atom stereocenters. The van der Waals surface area contributed by atoms with Crippen LogP contribution in [0.15, 0.2) is 11.0 Å². The Bertz CT molecular complexity index is 774. The number of aromatic amines is 1. The van der Waals surface area contributed by atoms with Gasteiger partial charge in [0.15, 0.2) is 5.13 Å². The average molecular weight is 305 g/mol. The lowest BCUT2D eigenvalue weighted by atomic mass is 10.4. The summed E-state index contributed by atoms with van der Waals surface area (Å²) in [4.78, 5) is 34.0. The molecule has 0 aliphatic heterocycles. The third-order valence-electron chi connectivity index (χ3n) is 2.40. The Kier molecular flexibility index (Phi) is 4.30. The van der Waals surface area contributed by atoms with E-state index in [0.717, 1.165) is 17.5 Å². The Hall–Kier alpha value is -2.73. The van der Waals surface area contributed by atoms with E-state index >= 15 is 0 Å². The second-order valence-electron chi connectivity index (χ2n) is 3.87. The number of nitrogens with one attached hydrogen (secondary N) is 2. The Morgan fingerprint density at radius 3 is 3.00 bits per heavy atom. The third-order valence-corrected chi connectivity index (χ3v) is 3.46. The fourth-order valence-electron chi connectivity index (χ4n) is 1.48. The highest BCUT2D eigenvalue weighted by molar-refractivity contribution is 7.17. The zero-order valence-corrected chi connectivity index (χ0v) is 12.1. The molecule has 2 rings (SSSR count). The summed E-state index contributed by atoms with van der Waals surface area (Å²) in [6, 6.07) is 1.72. The number of hydrogen-bond donors (Lipinski definition) is 2. The quantitative estimate of drug-likeness (QED) is 0.817. The molecule has 8 nitrogen and oxygen atoms in total. The molecule has 0 aliphatic rings. The van der Waals surface area contributed by atoms with E-state index in [-0.39, 0.29) is 18.1 Å². The number of nitriles is 1. The fourth-order valence-corrected chi connectivity index (χ4v) is 2.33. The molecule has 0 saturated heterocycles. The Balaban J connectivity index is 2.23. The summed E-state index contributed by atoms with van der Waals surface area (Å²) < 4.78 is 4.92. The number of carbonyl (C=O) groups is 1. The van der Waals surface area contributed by atoms with E-state index in [0.29, 0.717) is 15.7 Å². The molecule has 0 saturated carbocycles. The highest BCUT2D eigenvalue weighted by atomic mass is 32.1. The molecule has 0 aliphatic carbocycles. The number of aromatic nitrogens is 3. The maximum Gasteiger partial charge on any atom is 0.350 e. The maximum atomic E-state index is 11.7. The molecular weight excluding hydrogens is 294 g/mol. The number of H-pyrrole nitrogens is 1. The molecule has 0 aromatic carbocycles. The van der Waals surface area contributed by atoms with Gasteiger partial charge in [-0.3, -0.25) is 9.78 Å². The van der Waals surface area contributed by atoms with Crippen molar-refractivity contribution in [1.29, 1.82) is 5.26 Å². The van der Waals surface area contributed by atoms with Gasteiger partial charge in [0.25, 0.3) is 5.56 Å². The molecule has 108 valence electrons. The van der Waals surface area contributed by atoms with Crippen LogP contribution in [0.4, 0.5) is 11.1 Å². The Morgan fingerprint density at radius 1 is 1.62 bits per heavy atom. The van der Waals surface area contributed by atoms with Crippen molar-refractivity contribution in [1.82, 2.24) is 15.0 Å². The SMILES string of the molecule is CCOC(=O)c1sc(Nc2ncc(C#N)c(=O)[nH]2)nc1C. The molecule has 0 radical (unpaired) electrons. The molecule has 0 amide bonds. The first-order valence-electron chi connectivity index (χ1n) is 5.96. The van der Waals surface area contributed by atoms with E-state index in [4.69, 9.17) is 10.00 Å². The minimum atomic E-state index is -0.547. The normalized spacial score (nSPS) is 9.95. The summed E-state index contributed by atoms with van der Waals surface area (Å²) >= 11 is 1.09. The summed E-state index contributed by atoms with van der Waals surface area (Å²) in [5, 5.41) is 11.8. The highest BCUT2D eigenvalue weighted by Crippen LogP contribution is 2.24. The van der Waals surface area contributed by atoms with Gasteiger partial charge < -0.3 is 10.1 Å². The first-order chi connectivity index (χ1) is 10.0. The van der Waals surface area contributed by atoms with Gasteiger partial charge in [0, 0.05) is 0 Å². The summed E-state index contributed by atoms with van der Waals surface area (Å²) in [6.07, 6.45) is 1.16.